The Morgan fingerprint density at radius 2 is 2.20 bits per heavy atom. The number of hydrogen-bond acceptors (Lipinski definition) is 2. The number of hydrogen-bond donors (Lipinski definition) is 0. The number of rotatable bonds is 2. The van der Waals surface area contributed by atoms with Gasteiger partial charge in [-0.15, -0.1) is 0 Å². The Morgan fingerprint density at radius 3 is 2.90 bits per heavy atom. The zero-order valence-corrected chi connectivity index (χ0v) is 13.5. The standard InChI is InChI=1S/C16H20BrNO2/c1-10-7-8-20-16(10)15(17)12-3-5-13-11(9-12)4-6-14(19)18(13)2/h3,5,9-10,15-16H,4,6-8H2,1-2H3. The summed E-state index contributed by atoms with van der Waals surface area (Å²) in [4.78, 5) is 13.7. The van der Waals surface area contributed by atoms with E-state index in [1.165, 1.54) is 11.1 Å². The van der Waals surface area contributed by atoms with Gasteiger partial charge in [0, 0.05) is 25.8 Å². The van der Waals surface area contributed by atoms with Crippen LogP contribution in [0.2, 0.25) is 0 Å². The van der Waals surface area contributed by atoms with E-state index in [-0.39, 0.29) is 16.8 Å². The van der Waals surface area contributed by atoms with Gasteiger partial charge in [0.1, 0.15) is 0 Å². The van der Waals surface area contributed by atoms with Crippen LogP contribution in [0.5, 0.6) is 0 Å². The van der Waals surface area contributed by atoms with Crippen molar-refractivity contribution in [1.29, 1.82) is 0 Å². The van der Waals surface area contributed by atoms with Crippen LogP contribution in [0.15, 0.2) is 18.2 Å². The molecule has 2 heterocycles. The number of amides is 1. The molecule has 3 rings (SSSR count). The summed E-state index contributed by atoms with van der Waals surface area (Å²) in [5.74, 6) is 0.785. The number of nitrogens with zero attached hydrogens (tertiary/aromatic N) is 1. The molecule has 0 bridgehead atoms. The molecule has 2 aliphatic heterocycles. The van der Waals surface area contributed by atoms with Crippen LogP contribution in [0.25, 0.3) is 0 Å². The molecule has 3 atom stereocenters. The third-order valence-electron chi connectivity index (χ3n) is 4.50. The topological polar surface area (TPSA) is 29.5 Å². The van der Waals surface area contributed by atoms with Gasteiger partial charge in [-0.1, -0.05) is 35.0 Å². The molecule has 0 saturated carbocycles. The first-order chi connectivity index (χ1) is 9.58. The molecule has 0 N–H and O–H groups in total. The fourth-order valence-corrected chi connectivity index (χ4v) is 4.09. The minimum absolute atomic E-state index is 0.202. The number of fused-ring (bicyclic) bond motifs is 1. The largest absolute Gasteiger partial charge is 0.376 e. The van der Waals surface area contributed by atoms with Gasteiger partial charge in [0.05, 0.1) is 10.9 Å². The Bertz CT molecular complexity index is 531. The highest BCUT2D eigenvalue weighted by Crippen LogP contribution is 2.39. The highest BCUT2D eigenvalue weighted by atomic mass is 79.9. The maximum absolute atomic E-state index is 11.7. The molecular weight excluding hydrogens is 318 g/mol. The van der Waals surface area contributed by atoms with E-state index >= 15 is 0 Å². The molecule has 108 valence electrons. The summed E-state index contributed by atoms with van der Waals surface area (Å²) >= 11 is 3.80. The van der Waals surface area contributed by atoms with Crippen molar-refractivity contribution in [2.75, 3.05) is 18.6 Å². The van der Waals surface area contributed by atoms with Gasteiger partial charge in [0.15, 0.2) is 0 Å². The molecule has 2 aliphatic rings. The summed E-state index contributed by atoms with van der Waals surface area (Å²) in [6.07, 6.45) is 2.83. The number of halogens is 1. The SMILES string of the molecule is CC1CCOC1C(Br)c1ccc2c(c1)CCC(=O)N2C. The third-order valence-corrected chi connectivity index (χ3v) is 5.55. The number of alkyl halides is 1. The maximum Gasteiger partial charge on any atom is 0.227 e. The Morgan fingerprint density at radius 1 is 1.40 bits per heavy atom. The van der Waals surface area contributed by atoms with Crippen LogP contribution in [0.3, 0.4) is 0 Å². The van der Waals surface area contributed by atoms with E-state index in [2.05, 4.69) is 41.1 Å². The molecule has 1 aromatic rings. The third kappa shape index (κ3) is 2.40. The molecule has 1 amide bonds. The van der Waals surface area contributed by atoms with Crippen molar-refractivity contribution in [2.24, 2.45) is 5.92 Å². The Labute approximate surface area is 128 Å². The van der Waals surface area contributed by atoms with Crippen molar-refractivity contribution in [2.45, 2.75) is 37.1 Å². The van der Waals surface area contributed by atoms with Crippen molar-refractivity contribution in [3.8, 4) is 0 Å². The monoisotopic (exact) mass is 337 g/mol. The van der Waals surface area contributed by atoms with Crippen molar-refractivity contribution in [1.82, 2.24) is 0 Å². The highest BCUT2D eigenvalue weighted by Gasteiger charge is 2.32. The fraction of sp³-hybridized carbons (Fsp3) is 0.562. The molecule has 20 heavy (non-hydrogen) atoms. The van der Waals surface area contributed by atoms with Crippen LogP contribution in [0, 0.1) is 5.92 Å². The molecular formula is C16H20BrNO2. The van der Waals surface area contributed by atoms with Crippen LogP contribution in [-0.4, -0.2) is 25.7 Å². The lowest BCUT2D eigenvalue weighted by atomic mass is 9.93. The van der Waals surface area contributed by atoms with Crippen LogP contribution < -0.4 is 4.90 Å². The molecule has 0 spiro atoms. The predicted molar refractivity (Wildman–Crippen MR) is 83.4 cm³/mol. The van der Waals surface area contributed by atoms with Crippen molar-refractivity contribution in [3.63, 3.8) is 0 Å². The number of ether oxygens (including phenoxy) is 1. The number of carbonyl (C=O) groups excluding carboxylic acids is 1. The number of carbonyl (C=O) groups is 1. The van der Waals surface area contributed by atoms with Gasteiger partial charge < -0.3 is 9.64 Å². The summed E-state index contributed by atoms with van der Waals surface area (Å²) < 4.78 is 5.85. The van der Waals surface area contributed by atoms with E-state index in [0.29, 0.717) is 12.3 Å². The molecule has 3 nitrogen and oxygen atoms in total. The van der Waals surface area contributed by atoms with Gasteiger partial charge in [-0.3, -0.25) is 4.79 Å². The summed E-state index contributed by atoms with van der Waals surface area (Å²) in [6.45, 7) is 3.10. The van der Waals surface area contributed by atoms with Crippen LogP contribution in [0.4, 0.5) is 5.69 Å². The smallest absolute Gasteiger partial charge is 0.227 e. The molecule has 1 aromatic carbocycles. The highest BCUT2D eigenvalue weighted by molar-refractivity contribution is 9.09. The Hall–Kier alpha value is -0.870. The quantitative estimate of drug-likeness (QED) is 0.773. The predicted octanol–water partition coefficient (Wildman–Crippen LogP) is 3.46. The first-order valence-corrected chi connectivity index (χ1v) is 8.14. The average Bonchev–Trinajstić information content (AvgIpc) is 2.88. The number of benzene rings is 1. The summed E-state index contributed by atoms with van der Waals surface area (Å²) in [5.41, 5.74) is 3.56. The summed E-state index contributed by atoms with van der Waals surface area (Å²) in [7, 11) is 1.85. The normalized spacial score (nSPS) is 27.6. The average molecular weight is 338 g/mol. The lowest BCUT2D eigenvalue weighted by molar-refractivity contribution is -0.118. The van der Waals surface area contributed by atoms with Gasteiger partial charge in [-0.25, -0.2) is 0 Å². The van der Waals surface area contributed by atoms with Gasteiger partial charge in [-0.2, -0.15) is 0 Å². The second kappa shape index (κ2) is 5.49. The second-order valence-corrected chi connectivity index (χ2v) is 6.83. The van der Waals surface area contributed by atoms with E-state index in [9.17, 15) is 4.79 Å². The Kier molecular flexibility index (Phi) is 3.87. The summed E-state index contributed by atoms with van der Waals surface area (Å²) in [5, 5.41) is 0. The van der Waals surface area contributed by atoms with E-state index < -0.39 is 0 Å². The molecule has 4 heteroatoms. The molecule has 3 unspecified atom stereocenters. The zero-order valence-electron chi connectivity index (χ0n) is 11.9. The van der Waals surface area contributed by atoms with Gasteiger partial charge >= 0.3 is 0 Å². The molecule has 0 radical (unpaired) electrons. The molecule has 1 saturated heterocycles. The van der Waals surface area contributed by atoms with Crippen LogP contribution in [0.1, 0.15) is 35.7 Å². The first-order valence-electron chi connectivity index (χ1n) is 7.23. The Balaban J connectivity index is 1.87. The maximum atomic E-state index is 11.7. The van der Waals surface area contributed by atoms with Crippen molar-refractivity contribution in [3.05, 3.63) is 29.3 Å². The minimum atomic E-state index is 0.202. The van der Waals surface area contributed by atoms with Crippen molar-refractivity contribution < 1.29 is 9.53 Å². The van der Waals surface area contributed by atoms with Gasteiger partial charge in [0.25, 0.3) is 0 Å². The van der Waals surface area contributed by atoms with Crippen LogP contribution >= 0.6 is 15.9 Å². The number of anilines is 1. The first kappa shape index (κ1) is 14.1. The molecule has 0 aliphatic carbocycles. The van der Waals surface area contributed by atoms with E-state index in [1.54, 1.807) is 4.90 Å². The van der Waals surface area contributed by atoms with Crippen molar-refractivity contribution >= 4 is 27.5 Å². The lowest BCUT2D eigenvalue weighted by Gasteiger charge is -2.28. The fourth-order valence-electron chi connectivity index (χ4n) is 3.13. The van der Waals surface area contributed by atoms with Crippen LogP contribution in [-0.2, 0) is 16.0 Å². The second-order valence-electron chi connectivity index (χ2n) is 5.84. The van der Waals surface area contributed by atoms with Gasteiger partial charge in [0.2, 0.25) is 5.91 Å². The lowest BCUT2D eigenvalue weighted by Crippen LogP contribution is -2.31. The van der Waals surface area contributed by atoms with E-state index in [1.807, 2.05) is 7.05 Å². The number of aryl methyl sites for hydroxylation is 1. The van der Waals surface area contributed by atoms with E-state index in [0.717, 1.165) is 25.1 Å². The molecule has 0 aromatic heterocycles. The van der Waals surface area contributed by atoms with E-state index in [4.69, 9.17) is 4.74 Å². The molecule has 1 fully saturated rings. The zero-order chi connectivity index (χ0) is 14.3. The minimum Gasteiger partial charge on any atom is -0.376 e. The van der Waals surface area contributed by atoms with Gasteiger partial charge in [-0.05, 0) is 36.0 Å². The summed E-state index contributed by atoms with van der Waals surface area (Å²) in [6, 6.07) is 6.41.